The number of ether oxygens (including phenoxy) is 3. The van der Waals surface area contributed by atoms with Crippen molar-refractivity contribution in [3.05, 3.63) is 122 Å². The van der Waals surface area contributed by atoms with Crippen LogP contribution in [-0.4, -0.2) is 95.9 Å². The molecule has 18 heteroatoms. The van der Waals surface area contributed by atoms with Crippen LogP contribution in [0.25, 0.3) is 0 Å². The largest absolute Gasteiger partial charge is 0.472 e. The molecule has 0 bridgehead atoms. The summed E-state index contributed by atoms with van der Waals surface area (Å²) in [6.07, 6.45) is 87.1. The van der Waals surface area contributed by atoms with Crippen LogP contribution in [-0.2, 0) is 55.8 Å². The van der Waals surface area contributed by atoms with E-state index in [0.717, 1.165) is 109 Å². The fourth-order valence-electron chi connectivity index (χ4n) is 10.3. The van der Waals surface area contributed by atoms with E-state index in [1.54, 1.807) is 0 Å². The highest BCUT2D eigenvalue weighted by Gasteiger charge is 2.29. The van der Waals surface area contributed by atoms with Crippen LogP contribution in [0.4, 0.5) is 0 Å². The van der Waals surface area contributed by atoms with Gasteiger partial charge in [-0.3, -0.25) is 32.5 Å². The number of allylic oxidation sites excluding steroid dienone is 20. The topological polar surface area (TPSA) is 231 Å². The van der Waals surface area contributed by atoms with E-state index in [1.807, 2.05) is 12.2 Å². The maximum Gasteiger partial charge on any atom is 0.472 e. The quantitative estimate of drug-likeness (QED) is 0.0146. The molecule has 5 unspecified atom stereocenters. The Morgan fingerprint density at radius 1 is 0.293 bits per heavy atom. The second kappa shape index (κ2) is 73.7. The lowest BCUT2D eigenvalue weighted by atomic mass is 10.0. The van der Waals surface area contributed by atoms with Gasteiger partial charge in [0.25, 0.3) is 0 Å². The molecule has 0 aromatic carbocycles. The summed E-state index contributed by atoms with van der Waals surface area (Å²) in [5, 5.41) is 20.6. The van der Waals surface area contributed by atoms with Gasteiger partial charge in [0.15, 0.2) is 6.10 Å². The molecule has 0 saturated heterocycles. The van der Waals surface area contributed by atoms with Crippen LogP contribution in [0.5, 0.6) is 0 Å². The molecule has 0 aliphatic heterocycles. The first-order valence-corrected chi connectivity index (χ1v) is 41.8. The van der Waals surface area contributed by atoms with Crippen LogP contribution in [0.1, 0.15) is 316 Å². The molecule has 0 aromatic rings. The second-order valence-corrected chi connectivity index (χ2v) is 28.7. The van der Waals surface area contributed by atoms with Crippen molar-refractivity contribution in [1.82, 2.24) is 0 Å². The molecule has 0 rings (SSSR count). The van der Waals surface area contributed by atoms with Gasteiger partial charge in [0.05, 0.1) is 26.4 Å². The van der Waals surface area contributed by atoms with E-state index in [0.29, 0.717) is 25.7 Å². The highest BCUT2D eigenvalue weighted by molar-refractivity contribution is 7.47. The number of aliphatic hydroxyl groups is 2. The third-order valence-electron chi connectivity index (χ3n) is 16.2. The zero-order valence-corrected chi connectivity index (χ0v) is 63.9. The fraction of sp³-hybridized carbons (Fsp3) is 0.716. The molecule has 0 heterocycles. The van der Waals surface area contributed by atoms with Crippen LogP contribution in [0.3, 0.4) is 0 Å². The minimum absolute atomic E-state index is 0.0929. The Morgan fingerprint density at radius 2 is 0.545 bits per heavy atom. The summed E-state index contributed by atoms with van der Waals surface area (Å²) in [5.41, 5.74) is 0. The minimum atomic E-state index is -4.94. The summed E-state index contributed by atoms with van der Waals surface area (Å²) >= 11 is 0. The van der Waals surface area contributed by atoms with E-state index < -0.39 is 91.5 Å². The normalized spacial score (nSPS) is 14.7. The first kappa shape index (κ1) is 94.9. The Bertz CT molecular complexity index is 2290. The Hall–Kier alpha value is -4.05. The average molecular weight is 1430 g/mol. The van der Waals surface area contributed by atoms with Crippen molar-refractivity contribution in [3.63, 3.8) is 0 Å². The fourth-order valence-corrected chi connectivity index (χ4v) is 11.9. The van der Waals surface area contributed by atoms with Gasteiger partial charge in [0.2, 0.25) is 0 Å². The number of unbranched alkanes of at least 4 members (excludes halogenated alkanes) is 30. The van der Waals surface area contributed by atoms with Crippen LogP contribution >= 0.6 is 15.6 Å². The molecular formula is C81H140O16P2. The molecule has 0 amide bonds. The number of phosphoric acid groups is 2. The van der Waals surface area contributed by atoms with Crippen molar-refractivity contribution in [1.29, 1.82) is 0 Å². The van der Waals surface area contributed by atoms with Gasteiger partial charge in [-0.2, -0.15) is 0 Å². The highest BCUT2D eigenvalue weighted by Crippen LogP contribution is 2.45. The smallest absolute Gasteiger partial charge is 0.463 e. The van der Waals surface area contributed by atoms with Gasteiger partial charge in [-0.25, -0.2) is 9.13 Å². The zero-order chi connectivity index (χ0) is 72.3. The molecule has 0 spiro atoms. The number of phosphoric ester groups is 2. The van der Waals surface area contributed by atoms with Crippen molar-refractivity contribution in [3.8, 4) is 0 Å². The van der Waals surface area contributed by atoms with Gasteiger partial charge in [-0.05, 0) is 103 Å². The Labute approximate surface area is 602 Å². The monoisotopic (exact) mass is 1430 g/mol. The summed E-state index contributed by atoms with van der Waals surface area (Å²) in [6.45, 7) is 2.40. The Kier molecular flexibility index (Phi) is 70.7. The van der Waals surface area contributed by atoms with Crippen LogP contribution in [0.15, 0.2) is 122 Å². The van der Waals surface area contributed by atoms with E-state index in [4.69, 9.17) is 32.3 Å². The molecule has 0 radical (unpaired) electrons. The second-order valence-electron chi connectivity index (χ2n) is 25.8. The molecule has 0 aliphatic rings. The van der Waals surface area contributed by atoms with Crippen molar-refractivity contribution in [2.45, 2.75) is 334 Å². The van der Waals surface area contributed by atoms with Crippen LogP contribution < -0.4 is 0 Å². The molecule has 5 atom stereocenters. The molecule has 0 saturated carbocycles. The third-order valence-corrected chi connectivity index (χ3v) is 18.1. The number of rotatable bonds is 73. The van der Waals surface area contributed by atoms with Gasteiger partial charge in [0, 0.05) is 19.3 Å². The first-order chi connectivity index (χ1) is 48.2. The Balaban J connectivity index is 4.40. The summed E-state index contributed by atoms with van der Waals surface area (Å²) in [7, 11) is -9.79. The molecular weight excluding hydrogens is 1290 g/mol. The number of carbonyl (C=O) groups is 3. The molecule has 0 aliphatic carbocycles. The number of aliphatic hydroxyl groups excluding tert-OH is 2. The van der Waals surface area contributed by atoms with Gasteiger partial charge in [-0.1, -0.05) is 316 Å². The van der Waals surface area contributed by atoms with Crippen molar-refractivity contribution < 1.29 is 75.8 Å². The predicted octanol–water partition coefficient (Wildman–Crippen LogP) is 22.5. The summed E-state index contributed by atoms with van der Waals surface area (Å²) in [5.74, 6) is -1.64. The lowest BCUT2D eigenvalue weighted by Crippen LogP contribution is -2.30. The number of esters is 3. The summed E-state index contributed by atoms with van der Waals surface area (Å²) in [4.78, 5) is 58.5. The SMILES string of the molecule is CC/C=C\C/C=C\C/C=C\C/C=C\C/C=C\CCCCCCCCCCCCCCCCCCCC(=O)OCC(O)COP(=O)(O)OCC(O)COP(=O)(O)OCC(COC(=O)CCC/C=C\C/C=C\C/C=C\C/C=C\C/C=C\CC)OC(=O)CCCCCCCCCCCCCCC. The van der Waals surface area contributed by atoms with Gasteiger partial charge >= 0.3 is 33.6 Å². The first-order valence-electron chi connectivity index (χ1n) is 38.8. The maximum atomic E-state index is 12.9. The van der Waals surface area contributed by atoms with Crippen LogP contribution in [0, 0.1) is 0 Å². The number of hydrogen-bond acceptors (Lipinski definition) is 14. The summed E-state index contributed by atoms with van der Waals surface area (Å²) in [6, 6.07) is 0. The predicted molar refractivity (Wildman–Crippen MR) is 408 cm³/mol. The third kappa shape index (κ3) is 74.9. The zero-order valence-electron chi connectivity index (χ0n) is 62.1. The van der Waals surface area contributed by atoms with Crippen LogP contribution in [0.2, 0.25) is 0 Å². The lowest BCUT2D eigenvalue weighted by Gasteiger charge is -2.21. The minimum Gasteiger partial charge on any atom is -0.463 e. The summed E-state index contributed by atoms with van der Waals surface area (Å²) < 4.78 is 61.0. The molecule has 16 nitrogen and oxygen atoms in total. The van der Waals surface area contributed by atoms with Crippen molar-refractivity contribution in [2.24, 2.45) is 0 Å². The van der Waals surface area contributed by atoms with E-state index in [-0.39, 0.29) is 19.3 Å². The molecule has 99 heavy (non-hydrogen) atoms. The Morgan fingerprint density at radius 3 is 0.889 bits per heavy atom. The van der Waals surface area contributed by atoms with E-state index in [9.17, 15) is 43.5 Å². The molecule has 4 N–H and O–H groups in total. The average Bonchev–Trinajstić information content (AvgIpc) is 1.38. The van der Waals surface area contributed by atoms with E-state index in [1.165, 1.54) is 141 Å². The number of hydrogen-bond donors (Lipinski definition) is 4. The van der Waals surface area contributed by atoms with E-state index in [2.05, 4.69) is 130 Å². The number of carbonyl (C=O) groups excluding carboxylic acids is 3. The maximum absolute atomic E-state index is 12.9. The molecule has 570 valence electrons. The van der Waals surface area contributed by atoms with Gasteiger partial charge < -0.3 is 34.2 Å². The molecule has 0 fully saturated rings. The molecule has 0 aromatic heterocycles. The van der Waals surface area contributed by atoms with Gasteiger partial charge in [-0.15, -0.1) is 0 Å². The standard InChI is InChI=1S/C81H140O16P2/c1-4-7-10-13-16-19-22-25-27-29-30-31-32-33-34-35-36-37-38-39-40-41-42-43-44-46-48-50-52-55-58-61-64-67-79(84)91-70-76(82)71-93-98(87,88)94-72-77(83)73-95-99(89,90)96-75-78(97-81(86)69-66-63-60-57-54-49-24-21-18-15-12-9-6-3)74-92-80(85)68-65-62-59-56-53-51-47-45-28-26-23-20-17-14-11-8-5-2/h7-8,10-11,16-17,19-20,25-28,30-31,33-34,47,51,56,59,76-78,82-83H,4-6,9,12-15,18,21-24,29,32,35-46,48-50,52-55,57-58,60-75H2,1-3H3,(H,87,88)(H,89,90)/b10-7-,11-8-,19-16-,20-17-,27-25-,28-26-,31-30-,34-33-,51-47-,59-56-. The van der Waals surface area contributed by atoms with Gasteiger partial charge in [0.1, 0.15) is 25.4 Å². The van der Waals surface area contributed by atoms with Crippen molar-refractivity contribution in [2.75, 3.05) is 39.6 Å². The lowest BCUT2D eigenvalue weighted by molar-refractivity contribution is -0.161. The highest BCUT2D eigenvalue weighted by atomic mass is 31.2. The van der Waals surface area contributed by atoms with E-state index >= 15 is 0 Å². The van der Waals surface area contributed by atoms with Crippen molar-refractivity contribution >= 4 is 33.6 Å².